The summed E-state index contributed by atoms with van der Waals surface area (Å²) in [7, 11) is 0. The van der Waals surface area contributed by atoms with E-state index in [2.05, 4.69) is 0 Å². The lowest BCUT2D eigenvalue weighted by molar-refractivity contribution is 0.614. The summed E-state index contributed by atoms with van der Waals surface area (Å²) in [6, 6.07) is 16.4. The molecule has 26 heavy (non-hydrogen) atoms. The number of fused-ring (bicyclic) bond motifs is 3. The molecule has 3 heteroatoms. The summed E-state index contributed by atoms with van der Waals surface area (Å²) in [6.07, 6.45) is 1.46. The highest BCUT2D eigenvalue weighted by atomic mass is 19.1. The normalized spacial score (nSPS) is 11.4. The Morgan fingerprint density at radius 2 is 1.31 bits per heavy atom. The molecular formula is C23H17F3. The van der Waals surface area contributed by atoms with Gasteiger partial charge < -0.3 is 0 Å². The van der Waals surface area contributed by atoms with Crippen molar-refractivity contribution in [2.24, 2.45) is 0 Å². The minimum absolute atomic E-state index is 0.315. The molecule has 0 heterocycles. The van der Waals surface area contributed by atoms with Crippen LogP contribution in [0.5, 0.6) is 0 Å². The van der Waals surface area contributed by atoms with Crippen LogP contribution in [0.4, 0.5) is 13.2 Å². The van der Waals surface area contributed by atoms with Gasteiger partial charge in [0, 0.05) is 10.8 Å². The van der Waals surface area contributed by atoms with Gasteiger partial charge in [-0.2, -0.15) is 0 Å². The molecule has 4 rings (SSSR count). The van der Waals surface area contributed by atoms with E-state index in [-0.39, 0.29) is 11.6 Å². The smallest absolute Gasteiger partial charge is 0.134 e. The van der Waals surface area contributed by atoms with Crippen molar-refractivity contribution in [2.45, 2.75) is 19.8 Å². The van der Waals surface area contributed by atoms with Crippen molar-refractivity contribution in [1.29, 1.82) is 0 Å². The molecule has 0 unspecified atom stereocenters. The fourth-order valence-electron chi connectivity index (χ4n) is 3.48. The lowest BCUT2D eigenvalue weighted by Crippen LogP contribution is -1.93. The number of benzene rings is 4. The standard InChI is InChI=1S/C23H17F3/c1-2-3-15-6-10-19-18-11-7-16(14-4-8-17(24)9-5-14)12-20(18)22(25)13-21(19)23(15)26/h4-13H,2-3H2,1H3. The van der Waals surface area contributed by atoms with Crippen molar-refractivity contribution in [3.05, 3.63) is 83.7 Å². The summed E-state index contributed by atoms with van der Waals surface area (Å²) in [5.41, 5.74) is 2.21. The third-order valence-corrected chi connectivity index (χ3v) is 4.79. The van der Waals surface area contributed by atoms with Gasteiger partial charge in [0.1, 0.15) is 17.5 Å². The number of hydrogen-bond acceptors (Lipinski definition) is 0. The van der Waals surface area contributed by atoms with Crippen molar-refractivity contribution in [2.75, 3.05) is 0 Å². The Hall–Kier alpha value is -2.81. The second-order valence-corrected chi connectivity index (χ2v) is 6.51. The molecule has 0 nitrogen and oxygen atoms in total. The van der Waals surface area contributed by atoms with E-state index in [1.807, 2.05) is 19.1 Å². The molecule has 0 N–H and O–H groups in total. The van der Waals surface area contributed by atoms with Gasteiger partial charge in [0.2, 0.25) is 0 Å². The van der Waals surface area contributed by atoms with E-state index >= 15 is 0 Å². The Balaban J connectivity index is 1.94. The first kappa shape index (κ1) is 16.6. The van der Waals surface area contributed by atoms with Crippen LogP contribution in [0.1, 0.15) is 18.9 Å². The molecule has 4 aromatic rings. The summed E-state index contributed by atoms with van der Waals surface area (Å²) in [5.74, 6) is -1.11. The zero-order valence-electron chi connectivity index (χ0n) is 14.3. The molecule has 0 bridgehead atoms. The SMILES string of the molecule is CCCc1ccc2c(cc(F)c3cc(-c4ccc(F)cc4)ccc32)c1F. The second kappa shape index (κ2) is 6.49. The molecule has 0 aromatic heterocycles. The number of hydrogen-bond donors (Lipinski definition) is 0. The summed E-state index contributed by atoms with van der Waals surface area (Å²) in [5, 5.41) is 2.12. The third-order valence-electron chi connectivity index (χ3n) is 4.79. The molecule has 0 spiro atoms. The third kappa shape index (κ3) is 2.74. The van der Waals surface area contributed by atoms with Crippen LogP contribution in [0.2, 0.25) is 0 Å². The van der Waals surface area contributed by atoms with Crippen molar-refractivity contribution in [1.82, 2.24) is 0 Å². The van der Waals surface area contributed by atoms with Crippen LogP contribution < -0.4 is 0 Å². The Bertz CT molecular complexity index is 1110. The molecule has 4 aromatic carbocycles. The average Bonchev–Trinajstić information content (AvgIpc) is 2.65. The molecule has 0 aliphatic rings. The van der Waals surface area contributed by atoms with Crippen molar-refractivity contribution in [3.63, 3.8) is 0 Å². The maximum Gasteiger partial charge on any atom is 0.134 e. The van der Waals surface area contributed by atoms with Gasteiger partial charge in [-0.3, -0.25) is 0 Å². The number of halogens is 3. The number of rotatable bonds is 3. The van der Waals surface area contributed by atoms with Gasteiger partial charge in [-0.05, 0) is 58.1 Å². The highest BCUT2D eigenvalue weighted by molar-refractivity contribution is 6.09. The molecular weight excluding hydrogens is 333 g/mol. The Kier molecular flexibility index (Phi) is 4.15. The molecule has 0 amide bonds. The summed E-state index contributed by atoms with van der Waals surface area (Å²) in [6.45, 7) is 1.99. The second-order valence-electron chi connectivity index (χ2n) is 6.51. The fourth-order valence-corrected chi connectivity index (χ4v) is 3.48. The Labute approximate surface area is 149 Å². The van der Waals surface area contributed by atoms with E-state index in [1.165, 1.54) is 18.2 Å². The fraction of sp³-hybridized carbons (Fsp3) is 0.130. The topological polar surface area (TPSA) is 0 Å². The monoisotopic (exact) mass is 350 g/mol. The van der Waals surface area contributed by atoms with Crippen molar-refractivity contribution in [3.8, 4) is 11.1 Å². The Morgan fingerprint density at radius 1 is 0.654 bits per heavy atom. The van der Waals surface area contributed by atoms with E-state index in [4.69, 9.17) is 0 Å². The molecule has 0 aliphatic heterocycles. The summed E-state index contributed by atoms with van der Waals surface area (Å²) < 4.78 is 42.6. The van der Waals surface area contributed by atoms with Gasteiger partial charge in [-0.15, -0.1) is 0 Å². The molecule has 0 radical (unpaired) electrons. The molecule has 0 aliphatic carbocycles. The number of aryl methyl sites for hydroxylation is 1. The van der Waals surface area contributed by atoms with Crippen LogP contribution in [0, 0.1) is 17.5 Å². The van der Waals surface area contributed by atoms with E-state index in [0.29, 0.717) is 33.5 Å². The average molecular weight is 350 g/mol. The van der Waals surface area contributed by atoms with Crippen molar-refractivity contribution >= 4 is 21.5 Å². The summed E-state index contributed by atoms with van der Waals surface area (Å²) in [4.78, 5) is 0. The quantitative estimate of drug-likeness (QED) is 0.348. The highest BCUT2D eigenvalue weighted by Gasteiger charge is 2.13. The van der Waals surface area contributed by atoms with Crippen LogP contribution in [0.3, 0.4) is 0 Å². The van der Waals surface area contributed by atoms with Gasteiger partial charge in [-0.25, -0.2) is 13.2 Å². The lowest BCUT2D eigenvalue weighted by atomic mass is 9.95. The largest absolute Gasteiger partial charge is 0.207 e. The van der Waals surface area contributed by atoms with Crippen LogP contribution in [-0.4, -0.2) is 0 Å². The minimum atomic E-state index is -0.455. The lowest BCUT2D eigenvalue weighted by Gasteiger charge is -2.11. The van der Waals surface area contributed by atoms with Gasteiger partial charge in [-0.1, -0.05) is 49.7 Å². The maximum atomic E-state index is 14.7. The van der Waals surface area contributed by atoms with Crippen LogP contribution in [-0.2, 0) is 6.42 Å². The van der Waals surface area contributed by atoms with Crippen molar-refractivity contribution < 1.29 is 13.2 Å². The molecule has 0 atom stereocenters. The van der Waals surface area contributed by atoms with Gasteiger partial charge in [0.05, 0.1) is 0 Å². The van der Waals surface area contributed by atoms with E-state index in [0.717, 1.165) is 17.5 Å². The van der Waals surface area contributed by atoms with Gasteiger partial charge in [0.15, 0.2) is 0 Å². The molecule has 0 saturated heterocycles. The molecule has 0 saturated carbocycles. The van der Waals surface area contributed by atoms with Gasteiger partial charge in [0.25, 0.3) is 0 Å². The van der Waals surface area contributed by atoms with E-state index < -0.39 is 5.82 Å². The molecule has 0 fully saturated rings. The first-order chi connectivity index (χ1) is 12.6. The maximum absolute atomic E-state index is 14.7. The van der Waals surface area contributed by atoms with Crippen LogP contribution in [0.15, 0.2) is 60.7 Å². The van der Waals surface area contributed by atoms with Gasteiger partial charge >= 0.3 is 0 Å². The predicted molar refractivity (Wildman–Crippen MR) is 101 cm³/mol. The van der Waals surface area contributed by atoms with E-state index in [9.17, 15) is 13.2 Å². The van der Waals surface area contributed by atoms with Crippen LogP contribution >= 0.6 is 0 Å². The Morgan fingerprint density at radius 3 is 2.04 bits per heavy atom. The first-order valence-electron chi connectivity index (χ1n) is 8.68. The summed E-state index contributed by atoms with van der Waals surface area (Å²) >= 11 is 0. The molecule has 130 valence electrons. The predicted octanol–water partition coefficient (Wildman–Crippen LogP) is 7.03. The van der Waals surface area contributed by atoms with E-state index in [1.54, 1.807) is 30.3 Å². The first-order valence-corrected chi connectivity index (χ1v) is 8.68. The minimum Gasteiger partial charge on any atom is -0.207 e. The van der Waals surface area contributed by atoms with Crippen LogP contribution in [0.25, 0.3) is 32.7 Å². The zero-order valence-corrected chi connectivity index (χ0v) is 14.3. The zero-order chi connectivity index (χ0) is 18.3. The highest BCUT2D eigenvalue weighted by Crippen LogP contribution is 2.34.